The highest BCUT2D eigenvalue weighted by molar-refractivity contribution is 5.14. The van der Waals surface area contributed by atoms with E-state index in [0.717, 1.165) is 32.0 Å². The van der Waals surface area contributed by atoms with Gasteiger partial charge >= 0.3 is 0 Å². The molecule has 1 atom stereocenters. The normalized spacial score (nSPS) is 18.7. The van der Waals surface area contributed by atoms with E-state index < -0.39 is 0 Å². The molecule has 0 spiro atoms. The number of ether oxygens (including phenoxy) is 1. The molecule has 1 aliphatic rings. The Labute approximate surface area is 111 Å². The van der Waals surface area contributed by atoms with Gasteiger partial charge in [0, 0.05) is 19.3 Å². The second-order valence-electron chi connectivity index (χ2n) is 5.43. The number of benzene rings is 1. The summed E-state index contributed by atoms with van der Waals surface area (Å²) in [6.07, 6.45) is 7.08. The van der Waals surface area contributed by atoms with E-state index in [-0.39, 0.29) is 0 Å². The van der Waals surface area contributed by atoms with Crippen LogP contribution >= 0.6 is 0 Å². The first kappa shape index (κ1) is 13.6. The fraction of sp³-hybridized carbons (Fsp3) is 0.625. The smallest absolute Gasteiger partial charge is 0.0468 e. The average Bonchev–Trinajstić information content (AvgIpc) is 2.41. The van der Waals surface area contributed by atoms with E-state index >= 15 is 0 Å². The summed E-state index contributed by atoms with van der Waals surface area (Å²) in [4.78, 5) is 0. The third kappa shape index (κ3) is 4.79. The lowest BCUT2D eigenvalue weighted by molar-refractivity contribution is 0.0615. The summed E-state index contributed by atoms with van der Waals surface area (Å²) in [5, 5.41) is 0. The highest BCUT2D eigenvalue weighted by Gasteiger charge is 2.16. The predicted molar refractivity (Wildman–Crippen MR) is 75.5 cm³/mol. The molecule has 1 aromatic carbocycles. The van der Waals surface area contributed by atoms with Crippen LogP contribution in [0, 0.1) is 5.92 Å². The maximum atomic E-state index is 6.23. The maximum absolute atomic E-state index is 6.23. The summed E-state index contributed by atoms with van der Waals surface area (Å²) < 4.78 is 5.38. The zero-order chi connectivity index (χ0) is 12.6. The summed E-state index contributed by atoms with van der Waals surface area (Å²) in [5.41, 5.74) is 7.65. The Kier molecular flexibility index (Phi) is 5.69. The van der Waals surface area contributed by atoms with Gasteiger partial charge in [-0.2, -0.15) is 0 Å². The molecule has 1 heterocycles. The third-order valence-electron chi connectivity index (χ3n) is 3.86. The second kappa shape index (κ2) is 7.55. The van der Waals surface area contributed by atoms with Crippen LogP contribution in [0.1, 0.15) is 37.7 Å². The van der Waals surface area contributed by atoms with Crippen LogP contribution in [0.5, 0.6) is 0 Å². The van der Waals surface area contributed by atoms with Crippen molar-refractivity contribution in [3.8, 4) is 0 Å². The summed E-state index contributed by atoms with van der Waals surface area (Å²) >= 11 is 0. The Bertz CT molecular complexity index is 319. The molecule has 100 valence electrons. The second-order valence-corrected chi connectivity index (χ2v) is 5.43. The summed E-state index contributed by atoms with van der Waals surface area (Å²) in [7, 11) is 0. The van der Waals surface area contributed by atoms with Crippen LogP contribution in [0.15, 0.2) is 30.3 Å². The largest absolute Gasteiger partial charge is 0.381 e. The van der Waals surface area contributed by atoms with Crippen molar-refractivity contribution in [3.63, 3.8) is 0 Å². The first-order valence-electron chi connectivity index (χ1n) is 7.22. The Morgan fingerprint density at radius 3 is 2.61 bits per heavy atom. The van der Waals surface area contributed by atoms with Crippen molar-refractivity contribution >= 4 is 0 Å². The van der Waals surface area contributed by atoms with Gasteiger partial charge in [-0.3, -0.25) is 0 Å². The maximum Gasteiger partial charge on any atom is 0.0468 e. The predicted octanol–water partition coefficient (Wildman–Crippen LogP) is 3.15. The van der Waals surface area contributed by atoms with E-state index in [9.17, 15) is 0 Å². The monoisotopic (exact) mass is 247 g/mol. The molecule has 0 bridgehead atoms. The van der Waals surface area contributed by atoms with Crippen LogP contribution in [0.2, 0.25) is 0 Å². The molecule has 0 aliphatic carbocycles. The van der Waals surface area contributed by atoms with Crippen molar-refractivity contribution in [1.29, 1.82) is 0 Å². The Hall–Kier alpha value is -0.860. The fourth-order valence-electron chi connectivity index (χ4n) is 2.74. The molecule has 1 fully saturated rings. The Morgan fingerprint density at radius 2 is 1.89 bits per heavy atom. The van der Waals surface area contributed by atoms with Gasteiger partial charge in [-0.25, -0.2) is 0 Å². The highest BCUT2D eigenvalue weighted by Crippen LogP contribution is 2.21. The first-order chi connectivity index (χ1) is 8.84. The lowest BCUT2D eigenvalue weighted by Gasteiger charge is -2.24. The van der Waals surface area contributed by atoms with Gasteiger partial charge in [0.15, 0.2) is 0 Å². The molecule has 2 nitrogen and oxygen atoms in total. The lowest BCUT2D eigenvalue weighted by atomic mass is 9.90. The Balaban J connectivity index is 1.61. The van der Waals surface area contributed by atoms with Gasteiger partial charge in [0.1, 0.15) is 0 Å². The minimum atomic E-state index is 0.372. The van der Waals surface area contributed by atoms with Gasteiger partial charge in [-0.1, -0.05) is 30.3 Å². The lowest BCUT2D eigenvalue weighted by Crippen LogP contribution is -2.27. The third-order valence-corrected chi connectivity index (χ3v) is 3.86. The van der Waals surface area contributed by atoms with E-state index in [0.29, 0.717) is 6.04 Å². The number of hydrogen-bond acceptors (Lipinski definition) is 2. The minimum absolute atomic E-state index is 0.372. The quantitative estimate of drug-likeness (QED) is 0.838. The molecule has 18 heavy (non-hydrogen) atoms. The van der Waals surface area contributed by atoms with Gasteiger partial charge in [-0.15, -0.1) is 0 Å². The van der Waals surface area contributed by atoms with Gasteiger partial charge in [-0.05, 0) is 50.0 Å². The zero-order valence-electron chi connectivity index (χ0n) is 11.2. The van der Waals surface area contributed by atoms with Crippen LogP contribution in [0.3, 0.4) is 0 Å². The SMILES string of the molecule is NC(CCCc1ccccc1)CC1CCOCC1. The molecule has 2 heteroatoms. The molecule has 1 unspecified atom stereocenters. The number of aryl methyl sites for hydroxylation is 1. The van der Waals surface area contributed by atoms with E-state index in [1.807, 2.05) is 0 Å². The van der Waals surface area contributed by atoms with Crippen molar-refractivity contribution < 1.29 is 4.74 Å². The highest BCUT2D eigenvalue weighted by atomic mass is 16.5. The molecule has 1 aromatic rings. The summed E-state index contributed by atoms with van der Waals surface area (Å²) in [6, 6.07) is 11.1. The van der Waals surface area contributed by atoms with E-state index in [1.54, 1.807) is 0 Å². The van der Waals surface area contributed by atoms with E-state index in [2.05, 4.69) is 30.3 Å². The first-order valence-corrected chi connectivity index (χ1v) is 7.22. The average molecular weight is 247 g/mol. The van der Waals surface area contributed by atoms with Crippen LogP contribution in [0.4, 0.5) is 0 Å². The van der Waals surface area contributed by atoms with Crippen LogP contribution < -0.4 is 5.73 Å². The van der Waals surface area contributed by atoms with E-state index in [1.165, 1.54) is 31.2 Å². The van der Waals surface area contributed by atoms with Crippen molar-refractivity contribution in [2.45, 2.75) is 44.6 Å². The minimum Gasteiger partial charge on any atom is -0.381 e. The van der Waals surface area contributed by atoms with Gasteiger partial charge in [0.2, 0.25) is 0 Å². The van der Waals surface area contributed by atoms with Crippen molar-refractivity contribution in [1.82, 2.24) is 0 Å². The van der Waals surface area contributed by atoms with Gasteiger partial charge in [0.25, 0.3) is 0 Å². The standard InChI is InChI=1S/C16H25NO/c17-16(13-15-9-11-18-12-10-15)8-4-7-14-5-2-1-3-6-14/h1-3,5-6,15-16H,4,7-13,17H2. The van der Waals surface area contributed by atoms with E-state index in [4.69, 9.17) is 10.5 Å². The summed E-state index contributed by atoms with van der Waals surface area (Å²) in [5.74, 6) is 0.797. The topological polar surface area (TPSA) is 35.2 Å². The van der Waals surface area contributed by atoms with Crippen molar-refractivity contribution in [3.05, 3.63) is 35.9 Å². The van der Waals surface area contributed by atoms with Crippen molar-refractivity contribution in [2.24, 2.45) is 11.7 Å². The van der Waals surface area contributed by atoms with Gasteiger partial charge < -0.3 is 10.5 Å². The van der Waals surface area contributed by atoms with Gasteiger partial charge in [0.05, 0.1) is 0 Å². The molecule has 1 saturated heterocycles. The zero-order valence-corrected chi connectivity index (χ0v) is 11.2. The fourth-order valence-corrected chi connectivity index (χ4v) is 2.74. The van der Waals surface area contributed by atoms with Crippen LogP contribution in [-0.4, -0.2) is 19.3 Å². The molecule has 0 aromatic heterocycles. The number of hydrogen-bond donors (Lipinski definition) is 1. The molecular weight excluding hydrogens is 222 g/mol. The summed E-state index contributed by atoms with van der Waals surface area (Å²) in [6.45, 7) is 1.86. The molecular formula is C16H25NO. The molecule has 0 saturated carbocycles. The number of nitrogens with two attached hydrogens (primary N) is 1. The van der Waals surface area contributed by atoms with Crippen LogP contribution in [0.25, 0.3) is 0 Å². The Morgan fingerprint density at radius 1 is 1.17 bits per heavy atom. The van der Waals surface area contributed by atoms with Crippen molar-refractivity contribution in [2.75, 3.05) is 13.2 Å². The molecule has 2 N–H and O–H groups in total. The molecule has 0 amide bonds. The number of rotatable bonds is 6. The molecule has 0 radical (unpaired) electrons. The molecule has 1 aliphatic heterocycles. The van der Waals surface area contributed by atoms with Crippen LogP contribution in [-0.2, 0) is 11.2 Å². The molecule has 2 rings (SSSR count).